The Balaban J connectivity index is 2.24. The van der Waals surface area contributed by atoms with Crippen LogP contribution in [0.5, 0.6) is 0 Å². The van der Waals surface area contributed by atoms with Gasteiger partial charge in [0, 0.05) is 18.2 Å². The van der Waals surface area contributed by atoms with Gasteiger partial charge in [-0.3, -0.25) is 9.79 Å². The van der Waals surface area contributed by atoms with Gasteiger partial charge in [-0.2, -0.15) is 0 Å². The molecule has 1 amide bonds. The molecule has 0 aliphatic heterocycles. The summed E-state index contributed by atoms with van der Waals surface area (Å²) in [5, 5.41) is 6.05. The number of hydrogen-bond donors (Lipinski definition) is 3. The third-order valence-corrected chi connectivity index (χ3v) is 3.77. The maximum atomic E-state index is 12.0. The van der Waals surface area contributed by atoms with E-state index in [-0.39, 0.29) is 5.91 Å². The molecule has 1 aromatic carbocycles. The van der Waals surface area contributed by atoms with Crippen LogP contribution in [0.15, 0.2) is 29.3 Å². The predicted octanol–water partition coefficient (Wildman–Crippen LogP) is 2.84. The molecule has 1 rings (SSSR count). The van der Waals surface area contributed by atoms with E-state index in [1.807, 2.05) is 25.1 Å². The van der Waals surface area contributed by atoms with Crippen molar-refractivity contribution < 1.29 is 4.79 Å². The number of guanidine groups is 1. The number of carbonyl (C=O) groups excluding carboxylic acids is 1. The zero-order chi connectivity index (χ0) is 17.9. The van der Waals surface area contributed by atoms with Gasteiger partial charge in [0.15, 0.2) is 5.96 Å². The monoisotopic (exact) mass is 332 g/mol. The van der Waals surface area contributed by atoms with Crippen LogP contribution in [-0.2, 0) is 0 Å². The molecule has 0 spiro atoms. The molecule has 0 bridgehead atoms. The molecule has 0 heterocycles. The summed E-state index contributed by atoms with van der Waals surface area (Å²) in [6.45, 7) is 9.49. The second-order valence-electron chi connectivity index (χ2n) is 6.76. The second-order valence-corrected chi connectivity index (χ2v) is 6.76. The van der Waals surface area contributed by atoms with Gasteiger partial charge in [-0.1, -0.05) is 44.4 Å². The minimum atomic E-state index is -0.0810. The third-order valence-electron chi connectivity index (χ3n) is 3.77. The van der Waals surface area contributed by atoms with Crippen LogP contribution < -0.4 is 16.4 Å². The van der Waals surface area contributed by atoms with E-state index in [0.717, 1.165) is 17.9 Å². The van der Waals surface area contributed by atoms with Crippen LogP contribution in [0.2, 0.25) is 0 Å². The third kappa shape index (κ3) is 8.56. The first-order chi connectivity index (χ1) is 11.4. The minimum Gasteiger partial charge on any atom is -0.370 e. The molecule has 1 unspecified atom stereocenters. The lowest BCUT2D eigenvalue weighted by molar-refractivity contribution is 0.0954. The van der Waals surface area contributed by atoms with Crippen molar-refractivity contribution in [1.82, 2.24) is 10.6 Å². The van der Waals surface area contributed by atoms with Crippen molar-refractivity contribution in [3.8, 4) is 0 Å². The Labute approximate surface area is 146 Å². The fourth-order valence-electron chi connectivity index (χ4n) is 2.44. The highest BCUT2D eigenvalue weighted by atomic mass is 16.1. The first-order valence-corrected chi connectivity index (χ1v) is 8.79. The van der Waals surface area contributed by atoms with Crippen molar-refractivity contribution in [2.24, 2.45) is 16.6 Å². The maximum absolute atomic E-state index is 12.0. The topological polar surface area (TPSA) is 79.5 Å². The molecule has 0 aliphatic rings. The summed E-state index contributed by atoms with van der Waals surface area (Å²) in [7, 11) is 0. The van der Waals surface area contributed by atoms with Crippen molar-refractivity contribution in [2.45, 2.75) is 53.0 Å². The van der Waals surface area contributed by atoms with E-state index in [4.69, 9.17) is 5.73 Å². The average molecular weight is 332 g/mol. The molecular weight excluding hydrogens is 300 g/mol. The standard InChI is InChI=1S/C19H32N4O/c1-14(2)7-5-9-16(4)23-19(20)22-12-11-21-18(24)17-10-6-8-15(3)13-17/h6,8,10,13-14,16H,5,7,9,11-12H2,1-4H3,(H,21,24)(H3,20,22,23). The number of amides is 1. The van der Waals surface area contributed by atoms with E-state index in [1.54, 1.807) is 6.07 Å². The lowest BCUT2D eigenvalue weighted by Gasteiger charge is -2.15. The number of aliphatic imine (C=N–C) groups is 1. The summed E-state index contributed by atoms with van der Waals surface area (Å²) in [6, 6.07) is 7.84. The largest absolute Gasteiger partial charge is 0.370 e. The Bertz CT molecular complexity index is 540. The Morgan fingerprint density at radius 1 is 1.25 bits per heavy atom. The van der Waals surface area contributed by atoms with Crippen LogP contribution in [0, 0.1) is 12.8 Å². The lowest BCUT2D eigenvalue weighted by atomic mass is 10.0. The molecule has 0 fully saturated rings. The van der Waals surface area contributed by atoms with E-state index in [1.165, 1.54) is 12.8 Å². The van der Waals surface area contributed by atoms with E-state index < -0.39 is 0 Å². The molecule has 1 aromatic rings. The van der Waals surface area contributed by atoms with Crippen molar-refractivity contribution >= 4 is 11.9 Å². The van der Waals surface area contributed by atoms with E-state index >= 15 is 0 Å². The summed E-state index contributed by atoms with van der Waals surface area (Å²) in [5.41, 5.74) is 7.62. The van der Waals surface area contributed by atoms with E-state index in [2.05, 4.69) is 36.4 Å². The SMILES string of the molecule is Cc1cccc(C(=O)NCCN=C(N)NC(C)CCCC(C)C)c1. The Morgan fingerprint density at radius 2 is 2.00 bits per heavy atom. The zero-order valence-electron chi connectivity index (χ0n) is 15.4. The highest BCUT2D eigenvalue weighted by molar-refractivity contribution is 5.94. The quantitative estimate of drug-likeness (QED) is 0.369. The highest BCUT2D eigenvalue weighted by Gasteiger charge is 2.05. The molecule has 4 N–H and O–H groups in total. The van der Waals surface area contributed by atoms with Gasteiger partial charge in [0.2, 0.25) is 0 Å². The number of benzene rings is 1. The molecule has 0 saturated carbocycles. The highest BCUT2D eigenvalue weighted by Crippen LogP contribution is 2.08. The number of carbonyl (C=O) groups is 1. The van der Waals surface area contributed by atoms with Gasteiger partial charge in [0.05, 0.1) is 6.54 Å². The van der Waals surface area contributed by atoms with Crippen LogP contribution in [-0.4, -0.2) is 31.0 Å². The first kappa shape index (κ1) is 20.0. The van der Waals surface area contributed by atoms with Crippen LogP contribution in [0.3, 0.4) is 0 Å². The Kier molecular flexibility index (Phi) is 8.90. The van der Waals surface area contributed by atoms with Gasteiger partial charge in [-0.25, -0.2) is 0 Å². The van der Waals surface area contributed by atoms with Gasteiger partial charge >= 0.3 is 0 Å². The van der Waals surface area contributed by atoms with Crippen molar-refractivity contribution in [3.05, 3.63) is 35.4 Å². The summed E-state index contributed by atoms with van der Waals surface area (Å²) in [6.07, 6.45) is 3.50. The normalized spacial score (nSPS) is 13.0. The number of hydrogen-bond acceptors (Lipinski definition) is 2. The van der Waals surface area contributed by atoms with Crippen molar-refractivity contribution in [1.29, 1.82) is 0 Å². The van der Waals surface area contributed by atoms with E-state index in [9.17, 15) is 4.79 Å². The Morgan fingerprint density at radius 3 is 2.67 bits per heavy atom. The van der Waals surface area contributed by atoms with Crippen LogP contribution in [0.25, 0.3) is 0 Å². The second kappa shape index (κ2) is 10.7. The zero-order valence-corrected chi connectivity index (χ0v) is 15.4. The molecule has 1 atom stereocenters. The van der Waals surface area contributed by atoms with Gasteiger partial charge in [0.1, 0.15) is 0 Å². The van der Waals surface area contributed by atoms with Crippen LogP contribution in [0.1, 0.15) is 56.0 Å². The fraction of sp³-hybridized carbons (Fsp3) is 0.579. The van der Waals surface area contributed by atoms with Gasteiger partial charge in [0.25, 0.3) is 5.91 Å². The molecule has 0 aliphatic carbocycles. The maximum Gasteiger partial charge on any atom is 0.251 e. The summed E-state index contributed by atoms with van der Waals surface area (Å²) in [4.78, 5) is 16.2. The minimum absolute atomic E-state index is 0.0810. The number of nitrogens with zero attached hydrogens (tertiary/aromatic N) is 1. The van der Waals surface area contributed by atoms with Gasteiger partial charge in [-0.15, -0.1) is 0 Å². The molecule has 0 radical (unpaired) electrons. The van der Waals surface area contributed by atoms with Crippen molar-refractivity contribution in [2.75, 3.05) is 13.1 Å². The van der Waals surface area contributed by atoms with E-state index in [0.29, 0.717) is 30.7 Å². The smallest absolute Gasteiger partial charge is 0.251 e. The molecular formula is C19H32N4O. The average Bonchev–Trinajstić information content (AvgIpc) is 2.51. The number of aryl methyl sites for hydroxylation is 1. The molecule has 5 heteroatoms. The molecule has 5 nitrogen and oxygen atoms in total. The van der Waals surface area contributed by atoms with Crippen LogP contribution in [0.4, 0.5) is 0 Å². The van der Waals surface area contributed by atoms with Gasteiger partial charge in [-0.05, 0) is 38.3 Å². The van der Waals surface area contributed by atoms with Crippen molar-refractivity contribution in [3.63, 3.8) is 0 Å². The number of nitrogens with two attached hydrogens (primary N) is 1. The molecule has 0 saturated heterocycles. The molecule has 24 heavy (non-hydrogen) atoms. The summed E-state index contributed by atoms with van der Waals surface area (Å²) >= 11 is 0. The molecule has 0 aromatic heterocycles. The number of rotatable bonds is 9. The van der Waals surface area contributed by atoms with Crippen LogP contribution >= 0.6 is 0 Å². The lowest BCUT2D eigenvalue weighted by Crippen LogP contribution is -2.39. The summed E-state index contributed by atoms with van der Waals surface area (Å²) < 4.78 is 0. The Hall–Kier alpha value is -2.04. The fourth-order valence-corrected chi connectivity index (χ4v) is 2.44. The number of nitrogens with one attached hydrogen (secondary N) is 2. The van der Waals surface area contributed by atoms with Gasteiger partial charge < -0.3 is 16.4 Å². The predicted molar refractivity (Wildman–Crippen MR) is 101 cm³/mol. The first-order valence-electron chi connectivity index (χ1n) is 8.79. The summed E-state index contributed by atoms with van der Waals surface area (Å²) in [5.74, 6) is 1.10. The molecule has 134 valence electrons.